The van der Waals surface area contributed by atoms with E-state index in [1.807, 2.05) is 4.90 Å². The smallest absolute Gasteiger partial charge is 0.295 e. The number of hydrogen-bond acceptors (Lipinski definition) is 5. The third-order valence-corrected chi connectivity index (χ3v) is 3.78. The summed E-state index contributed by atoms with van der Waals surface area (Å²) in [4.78, 5) is 14.4. The average molecular weight is 282 g/mol. The van der Waals surface area contributed by atoms with Crippen molar-refractivity contribution in [3.8, 4) is 0 Å². The van der Waals surface area contributed by atoms with Crippen molar-refractivity contribution in [1.82, 2.24) is 4.90 Å². The molecule has 1 saturated heterocycles. The van der Waals surface area contributed by atoms with Crippen molar-refractivity contribution in [1.29, 1.82) is 0 Å². The number of nitrogens with two attached hydrogens (primary N) is 1. The van der Waals surface area contributed by atoms with Gasteiger partial charge < -0.3 is 15.5 Å². The normalized spacial score (nSPS) is 16.4. The molecule has 1 fully saturated rings. The fourth-order valence-corrected chi connectivity index (χ4v) is 2.59. The van der Waals surface area contributed by atoms with Gasteiger partial charge in [-0.15, -0.1) is 0 Å². The molecule has 1 aromatic carbocycles. The zero-order valence-electron chi connectivity index (χ0n) is 11.7. The van der Waals surface area contributed by atoms with Crippen LogP contribution < -0.4 is 10.6 Å². The summed E-state index contributed by atoms with van der Waals surface area (Å²) in [6.45, 7) is 7.84. The number of aryl methyl sites for hydroxylation is 1. The summed E-state index contributed by atoms with van der Waals surface area (Å²) >= 11 is 0. The number of benzene rings is 1. The number of nitro groups is 1. The molecule has 0 aliphatic carbocycles. The number of nitro benzene ring substituents is 1. The van der Waals surface area contributed by atoms with Gasteiger partial charge in [-0.25, -0.2) is 4.39 Å². The van der Waals surface area contributed by atoms with E-state index in [4.69, 9.17) is 5.73 Å². The van der Waals surface area contributed by atoms with E-state index in [0.717, 1.165) is 19.6 Å². The van der Waals surface area contributed by atoms with Gasteiger partial charge in [-0.05, 0) is 19.0 Å². The maximum absolute atomic E-state index is 14.4. The van der Waals surface area contributed by atoms with Crippen LogP contribution in [0.15, 0.2) is 6.07 Å². The highest BCUT2D eigenvalue weighted by atomic mass is 19.1. The van der Waals surface area contributed by atoms with Crippen LogP contribution in [0, 0.1) is 22.9 Å². The van der Waals surface area contributed by atoms with Gasteiger partial charge in [-0.2, -0.15) is 0 Å². The number of rotatable bonds is 3. The Bertz CT molecular complexity index is 528. The van der Waals surface area contributed by atoms with Crippen molar-refractivity contribution in [2.45, 2.75) is 13.8 Å². The quantitative estimate of drug-likeness (QED) is 0.519. The summed E-state index contributed by atoms with van der Waals surface area (Å²) in [5, 5.41) is 10.8. The molecular weight excluding hydrogens is 263 g/mol. The molecular formula is C13H19FN4O2. The Morgan fingerprint density at radius 1 is 1.40 bits per heavy atom. The van der Waals surface area contributed by atoms with E-state index in [1.54, 1.807) is 6.92 Å². The van der Waals surface area contributed by atoms with E-state index in [1.165, 1.54) is 6.07 Å². The molecule has 0 unspecified atom stereocenters. The molecule has 0 radical (unpaired) electrons. The Labute approximate surface area is 117 Å². The zero-order chi connectivity index (χ0) is 14.9. The lowest BCUT2D eigenvalue weighted by atomic mass is 10.1. The van der Waals surface area contributed by atoms with Crippen molar-refractivity contribution in [3.05, 3.63) is 27.6 Å². The Hall–Kier alpha value is -1.89. The van der Waals surface area contributed by atoms with Crippen LogP contribution in [-0.2, 0) is 0 Å². The number of anilines is 2. The van der Waals surface area contributed by atoms with Crippen LogP contribution in [0.1, 0.15) is 12.5 Å². The maximum Gasteiger partial charge on any atom is 0.295 e. The Kier molecular flexibility index (Phi) is 4.08. The highest BCUT2D eigenvalue weighted by Crippen LogP contribution is 2.35. The maximum atomic E-state index is 14.4. The molecule has 110 valence electrons. The van der Waals surface area contributed by atoms with E-state index in [0.29, 0.717) is 24.3 Å². The first kappa shape index (κ1) is 14.5. The molecule has 7 heteroatoms. The molecule has 2 N–H and O–H groups in total. The number of hydrogen-bond donors (Lipinski definition) is 1. The van der Waals surface area contributed by atoms with E-state index in [9.17, 15) is 14.5 Å². The SMILES string of the molecule is CCN1CCN(c2c(C)cc([N+](=O)[O-])c(N)c2F)CC1. The first-order valence-electron chi connectivity index (χ1n) is 6.66. The summed E-state index contributed by atoms with van der Waals surface area (Å²) in [6, 6.07) is 1.35. The van der Waals surface area contributed by atoms with E-state index in [2.05, 4.69) is 11.8 Å². The summed E-state index contributed by atoms with van der Waals surface area (Å²) in [5.74, 6) is -0.679. The molecule has 1 aliphatic rings. The molecule has 0 saturated carbocycles. The average Bonchev–Trinajstić information content (AvgIpc) is 2.43. The highest BCUT2D eigenvalue weighted by molar-refractivity contribution is 5.71. The molecule has 6 nitrogen and oxygen atoms in total. The van der Waals surface area contributed by atoms with Crippen LogP contribution in [0.4, 0.5) is 21.5 Å². The minimum absolute atomic E-state index is 0.365. The summed E-state index contributed by atoms with van der Waals surface area (Å²) in [6.07, 6.45) is 0. The molecule has 0 atom stereocenters. The monoisotopic (exact) mass is 282 g/mol. The molecule has 0 aromatic heterocycles. The van der Waals surface area contributed by atoms with Gasteiger partial charge in [0.2, 0.25) is 0 Å². The Morgan fingerprint density at radius 3 is 2.50 bits per heavy atom. The van der Waals surface area contributed by atoms with Gasteiger partial charge in [0.15, 0.2) is 5.82 Å². The Balaban J connectivity index is 2.34. The van der Waals surface area contributed by atoms with E-state index in [-0.39, 0.29) is 11.4 Å². The molecule has 1 aliphatic heterocycles. The molecule has 1 aromatic rings. The van der Waals surface area contributed by atoms with Gasteiger partial charge in [0, 0.05) is 32.2 Å². The third-order valence-electron chi connectivity index (χ3n) is 3.78. The summed E-state index contributed by atoms with van der Waals surface area (Å²) in [5.41, 5.74) is 5.76. The van der Waals surface area contributed by atoms with Crippen LogP contribution in [0.2, 0.25) is 0 Å². The Morgan fingerprint density at radius 2 is 2.00 bits per heavy atom. The number of likely N-dealkylation sites (N-methyl/N-ethyl adjacent to an activating group) is 1. The van der Waals surface area contributed by atoms with E-state index < -0.39 is 10.7 Å². The fourth-order valence-electron chi connectivity index (χ4n) is 2.59. The van der Waals surface area contributed by atoms with Crippen molar-refractivity contribution < 1.29 is 9.31 Å². The van der Waals surface area contributed by atoms with Crippen molar-refractivity contribution in [3.63, 3.8) is 0 Å². The van der Waals surface area contributed by atoms with Gasteiger partial charge in [0.25, 0.3) is 5.69 Å². The molecule has 0 amide bonds. The second-order valence-corrected chi connectivity index (χ2v) is 4.97. The van der Waals surface area contributed by atoms with Crippen LogP contribution in [0.5, 0.6) is 0 Å². The van der Waals surface area contributed by atoms with Gasteiger partial charge in [0.1, 0.15) is 5.69 Å². The topological polar surface area (TPSA) is 75.6 Å². The predicted molar refractivity (Wildman–Crippen MR) is 76.5 cm³/mol. The first-order valence-corrected chi connectivity index (χ1v) is 6.66. The largest absolute Gasteiger partial charge is 0.391 e. The van der Waals surface area contributed by atoms with Crippen molar-refractivity contribution in [2.75, 3.05) is 43.4 Å². The van der Waals surface area contributed by atoms with Gasteiger partial charge in [-0.1, -0.05) is 6.92 Å². The lowest BCUT2D eigenvalue weighted by Gasteiger charge is -2.36. The standard InChI is InChI=1S/C13H19FN4O2/c1-3-16-4-6-17(7-5-16)13-9(2)8-10(18(19)20)12(15)11(13)14/h8H,3-7,15H2,1-2H3. The highest BCUT2D eigenvalue weighted by Gasteiger charge is 2.26. The minimum Gasteiger partial charge on any atom is -0.391 e. The van der Waals surface area contributed by atoms with Crippen molar-refractivity contribution in [2.24, 2.45) is 0 Å². The molecule has 0 spiro atoms. The lowest BCUT2D eigenvalue weighted by molar-refractivity contribution is -0.384. The number of nitrogens with zero attached hydrogens (tertiary/aromatic N) is 3. The second-order valence-electron chi connectivity index (χ2n) is 4.97. The summed E-state index contributed by atoms with van der Waals surface area (Å²) < 4.78 is 14.4. The van der Waals surface area contributed by atoms with Crippen molar-refractivity contribution >= 4 is 17.1 Å². The van der Waals surface area contributed by atoms with E-state index >= 15 is 0 Å². The van der Waals surface area contributed by atoms with Crippen LogP contribution in [0.3, 0.4) is 0 Å². The second kappa shape index (κ2) is 5.62. The van der Waals surface area contributed by atoms with Crippen LogP contribution in [0.25, 0.3) is 0 Å². The predicted octanol–water partition coefficient (Wildman–Crippen LogP) is 1.77. The molecule has 2 rings (SSSR count). The zero-order valence-corrected chi connectivity index (χ0v) is 11.7. The van der Waals surface area contributed by atoms with Gasteiger partial charge in [0.05, 0.1) is 10.6 Å². The van der Waals surface area contributed by atoms with Gasteiger partial charge >= 0.3 is 0 Å². The van der Waals surface area contributed by atoms with Crippen LogP contribution >= 0.6 is 0 Å². The summed E-state index contributed by atoms with van der Waals surface area (Å²) in [7, 11) is 0. The number of piperazine rings is 1. The fraction of sp³-hybridized carbons (Fsp3) is 0.538. The molecule has 20 heavy (non-hydrogen) atoms. The minimum atomic E-state index is -0.679. The third kappa shape index (κ3) is 2.53. The van der Waals surface area contributed by atoms with Crippen LogP contribution in [-0.4, -0.2) is 42.5 Å². The number of halogens is 1. The lowest BCUT2D eigenvalue weighted by Crippen LogP contribution is -2.46. The first-order chi connectivity index (χ1) is 9.45. The molecule has 0 bridgehead atoms. The molecule has 1 heterocycles. The number of nitrogen functional groups attached to an aromatic ring is 1. The van der Waals surface area contributed by atoms with Gasteiger partial charge in [-0.3, -0.25) is 10.1 Å².